The molecule has 4 rings (SSSR count). The summed E-state index contributed by atoms with van der Waals surface area (Å²) in [5.41, 5.74) is 1.78. The number of aromatic nitrogens is 3. The molecule has 0 saturated heterocycles. The predicted molar refractivity (Wildman–Crippen MR) is 128 cm³/mol. The number of carbonyl (C=O) groups excluding carboxylic acids is 1. The highest BCUT2D eigenvalue weighted by Crippen LogP contribution is 2.12. The van der Waals surface area contributed by atoms with Crippen LogP contribution in [0.15, 0.2) is 59.5 Å². The third-order valence-electron chi connectivity index (χ3n) is 5.65. The van der Waals surface area contributed by atoms with E-state index in [2.05, 4.69) is 10.3 Å². The molecule has 0 saturated carbocycles. The summed E-state index contributed by atoms with van der Waals surface area (Å²) in [6.45, 7) is 1.27. The van der Waals surface area contributed by atoms with Crippen LogP contribution in [0.4, 0.5) is 0 Å². The minimum absolute atomic E-state index is 0.0118. The van der Waals surface area contributed by atoms with Gasteiger partial charge in [-0.2, -0.15) is 0 Å². The van der Waals surface area contributed by atoms with Crippen LogP contribution in [0.2, 0.25) is 0 Å². The lowest BCUT2D eigenvalue weighted by molar-refractivity contribution is 0.0951. The molecule has 1 aromatic carbocycles. The van der Waals surface area contributed by atoms with Crippen LogP contribution < -0.4 is 21.1 Å². The van der Waals surface area contributed by atoms with Crippen molar-refractivity contribution < 1.29 is 14.3 Å². The number of benzene rings is 1. The van der Waals surface area contributed by atoms with Gasteiger partial charge in [0.05, 0.1) is 18.1 Å². The maximum atomic E-state index is 13.2. The number of nitrogens with one attached hydrogen (secondary N) is 2. The lowest BCUT2D eigenvalue weighted by Crippen LogP contribution is -2.35. The molecular formula is C25H27N5O4. The molecule has 1 amide bonds. The van der Waals surface area contributed by atoms with E-state index in [1.165, 1.54) is 10.5 Å². The van der Waals surface area contributed by atoms with Crippen molar-refractivity contribution in [2.45, 2.75) is 19.4 Å². The van der Waals surface area contributed by atoms with Crippen LogP contribution in [0.5, 0.6) is 5.75 Å². The maximum Gasteiger partial charge on any atom is 0.267 e. The molecule has 0 radical (unpaired) electrons. The molecule has 0 atom stereocenters. The molecule has 0 bridgehead atoms. The van der Waals surface area contributed by atoms with E-state index in [-0.39, 0.29) is 22.0 Å². The fraction of sp³-hybridized carbons (Fsp3) is 0.280. The molecule has 9 nitrogen and oxygen atoms in total. The van der Waals surface area contributed by atoms with Crippen LogP contribution >= 0.6 is 0 Å². The molecule has 3 aromatic heterocycles. The highest BCUT2D eigenvalue weighted by Gasteiger charge is 2.17. The molecule has 9 heteroatoms. The van der Waals surface area contributed by atoms with E-state index in [4.69, 9.17) is 14.9 Å². The first kappa shape index (κ1) is 23.2. The Morgan fingerprint density at radius 2 is 1.94 bits per heavy atom. The van der Waals surface area contributed by atoms with Crippen LogP contribution in [-0.4, -0.2) is 47.2 Å². The zero-order chi connectivity index (χ0) is 24.1. The van der Waals surface area contributed by atoms with Gasteiger partial charge in [-0.15, -0.1) is 0 Å². The second-order valence-corrected chi connectivity index (χ2v) is 7.84. The van der Waals surface area contributed by atoms with E-state index in [1.54, 1.807) is 43.2 Å². The SMILES string of the molecule is COCCCn1c(=N)c(C(=O)NCCc2ccc(OC)cc2)cc2c(=O)n3ccccc3nc21. The normalized spacial score (nSPS) is 11.1. The van der Waals surface area contributed by atoms with Crippen molar-refractivity contribution in [3.05, 3.63) is 81.7 Å². The standard InChI is InChI=1S/C25H27N5O4/c1-33-15-5-14-30-22(26)19(24(31)27-12-11-17-7-9-18(34-2)10-8-17)16-20-23(30)28-21-6-3-4-13-29(21)25(20)32/h3-4,6-10,13,16,26H,5,11-12,14-15H2,1-2H3,(H,27,31). The van der Waals surface area contributed by atoms with Gasteiger partial charge in [-0.1, -0.05) is 18.2 Å². The second kappa shape index (κ2) is 10.3. The van der Waals surface area contributed by atoms with Gasteiger partial charge in [0.2, 0.25) is 0 Å². The lowest BCUT2D eigenvalue weighted by Gasteiger charge is -2.14. The van der Waals surface area contributed by atoms with Gasteiger partial charge >= 0.3 is 0 Å². The van der Waals surface area contributed by atoms with Gasteiger partial charge < -0.3 is 19.4 Å². The van der Waals surface area contributed by atoms with E-state index >= 15 is 0 Å². The van der Waals surface area contributed by atoms with Crippen molar-refractivity contribution in [1.29, 1.82) is 5.41 Å². The molecule has 176 valence electrons. The number of hydrogen-bond acceptors (Lipinski definition) is 6. The van der Waals surface area contributed by atoms with Crippen molar-refractivity contribution in [2.75, 3.05) is 27.4 Å². The van der Waals surface area contributed by atoms with Crippen molar-refractivity contribution in [3.8, 4) is 5.75 Å². The second-order valence-electron chi connectivity index (χ2n) is 7.84. The number of rotatable bonds is 9. The summed E-state index contributed by atoms with van der Waals surface area (Å²) in [6.07, 6.45) is 2.88. The molecule has 0 fully saturated rings. The van der Waals surface area contributed by atoms with E-state index in [9.17, 15) is 9.59 Å². The number of amides is 1. The number of fused-ring (bicyclic) bond motifs is 2. The van der Waals surface area contributed by atoms with Gasteiger partial charge in [-0.25, -0.2) is 4.98 Å². The van der Waals surface area contributed by atoms with Gasteiger partial charge in [-0.05, 0) is 48.7 Å². The van der Waals surface area contributed by atoms with E-state index in [1.807, 2.05) is 24.3 Å². The monoisotopic (exact) mass is 461 g/mol. The Hall–Kier alpha value is -3.98. The van der Waals surface area contributed by atoms with Crippen LogP contribution in [0.3, 0.4) is 0 Å². The van der Waals surface area contributed by atoms with E-state index < -0.39 is 5.91 Å². The quantitative estimate of drug-likeness (QED) is 0.293. The highest BCUT2D eigenvalue weighted by molar-refractivity contribution is 5.96. The first-order valence-corrected chi connectivity index (χ1v) is 11.0. The van der Waals surface area contributed by atoms with Crippen LogP contribution in [0, 0.1) is 5.41 Å². The van der Waals surface area contributed by atoms with Gasteiger partial charge in [0.25, 0.3) is 11.5 Å². The summed E-state index contributed by atoms with van der Waals surface area (Å²) in [5.74, 6) is 0.367. The maximum absolute atomic E-state index is 13.2. The van der Waals surface area contributed by atoms with Crippen molar-refractivity contribution >= 4 is 22.6 Å². The Kier molecular flexibility index (Phi) is 7.03. The number of nitrogens with zero attached hydrogens (tertiary/aromatic N) is 3. The Balaban J connectivity index is 1.67. The Morgan fingerprint density at radius 1 is 1.15 bits per heavy atom. The molecule has 4 aromatic rings. The summed E-state index contributed by atoms with van der Waals surface area (Å²) in [4.78, 5) is 30.8. The molecule has 2 N–H and O–H groups in total. The number of ether oxygens (including phenoxy) is 2. The van der Waals surface area contributed by atoms with Crippen molar-refractivity contribution in [2.24, 2.45) is 0 Å². The summed E-state index contributed by atoms with van der Waals surface area (Å²) >= 11 is 0. The highest BCUT2D eigenvalue weighted by atomic mass is 16.5. The first-order valence-electron chi connectivity index (χ1n) is 11.0. The fourth-order valence-electron chi connectivity index (χ4n) is 3.85. The largest absolute Gasteiger partial charge is 0.497 e. The van der Waals surface area contributed by atoms with Gasteiger partial charge in [0, 0.05) is 33.0 Å². The van der Waals surface area contributed by atoms with Crippen molar-refractivity contribution in [1.82, 2.24) is 19.3 Å². The summed E-state index contributed by atoms with van der Waals surface area (Å²) < 4.78 is 13.4. The smallest absolute Gasteiger partial charge is 0.267 e. The van der Waals surface area contributed by atoms with E-state index in [0.717, 1.165) is 11.3 Å². The zero-order valence-electron chi connectivity index (χ0n) is 19.2. The minimum Gasteiger partial charge on any atom is -0.497 e. The summed E-state index contributed by atoms with van der Waals surface area (Å²) in [6, 6.07) is 14.4. The van der Waals surface area contributed by atoms with Gasteiger partial charge in [0.1, 0.15) is 22.5 Å². The van der Waals surface area contributed by atoms with Gasteiger partial charge in [-0.3, -0.25) is 19.4 Å². The van der Waals surface area contributed by atoms with Crippen LogP contribution in [-0.2, 0) is 17.7 Å². The first-order chi connectivity index (χ1) is 16.5. The molecule has 0 aliphatic carbocycles. The molecule has 0 spiro atoms. The van der Waals surface area contributed by atoms with Gasteiger partial charge in [0.15, 0.2) is 0 Å². The van der Waals surface area contributed by atoms with E-state index in [0.29, 0.717) is 43.8 Å². The lowest BCUT2D eigenvalue weighted by atomic mass is 10.1. The number of carbonyl (C=O) groups is 1. The molecule has 0 aliphatic rings. The molecule has 0 unspecified atom stereocenters. The Labute approximate surface area is 196 Å². The van der Waals surface area contributed by atoms with Crippen LogP contribution in [0.25, 0.3) is 16.7 Å². The third kappa shape index (κ3) is 4.69. The van der Waals surface area contributed by atoms with Crippen molar-refractivity contribution in [3.63, 3.8) is 0 Å². The number of methoxy groups -OCH3 is 2. The molecule has 34 heavy (non-hydrogen) atoms. The predicted octanol–water partition coefficient (Wildman–Crippen LogP) is 2.15. The average molecular weight is 462 g/mol. The zero-order valence-corrected chi connectivity index (χ0v) is 19.2. The third-order valence-corrected chi connectivity index (χ3v) is 5.65. The Morgan fingerprint density at radius 3 is 2.68 bits per heavy atom. The summed E-state index contributed by atoms with van der Waals surface area (Å²) in [5, 5.41) is 11.9. The number of pyridine rings is 2. The topological polar surface area (TPSA) is 111 Å². The average Bonchev–Trinajstić information content (AvgIpc) is 2.86. The summed E-state index contributed by atoms with van der Waals surface area (Å²) in [7, 11) is 3.22. The fourth-order valence-corrected chi connectivity index (χ4v) is 3.85. The Bertz CT molecular complexity index is 1440. The number of hydrogen-bond donors (Lipinski definition) is 2. The molecule has 3 heterocycles. The van der Waals surface area contributed by atoms with Crippen LogP contribution in [0.1, 0.15) is 22.3 Å². The molecule has 0 aliphatic heterocycles. The minimum atomic E-state index is -0.404. The molecular weight excluding hydrogens is 434 g/mol. The number of aryl methyl sites for hydroxylation is 1.